The molecule has 0 atom stereocenters. The van der Waals surface area contributed by atoms with E-state index in [1.54, 1.807) is 18.2 Å². The van der Waals surface area contributed by atoms with Crippen molar-refractivity contribution in [2.24, 2.45) is 0 Å². The minimum Gasteiger partial charge on any atom is -0.478 e. The van der Waals surface area contributed by atoms with E-state index in [-0.39, 0.29) is 21.7 Å². The highest BCUT2D eigenvalue weighted by Gasteiger charge is 2.19. The molecule has 0 aliphatic rings. The first-order valence-corrected chi connectivity index (χ1v) is 6.08. The van der Waals surface area contributed by atoms with Crippen molar-refractivity contribution in [3.8, 4) is 0 Å². The van der Waals surface area contributed by atoms with E-state index in [1.807, 2.05) is 0 Å². The number of carboxylic acids is 1. The monoisotopic (exact) mass is 294 g/mol. The molecule has 2 aromatic carbocycles. The minimum atomic E-state index is -1.16. The van der Waals surface area contributed by atoms with Crippen molar-refractivity contribution in [3.63, 3.8) is 0 Å². The molecular weight excluding hydrogens is 287 g/mol. The van der Waals surface area contributed by atoms with Crippen LogP contribution in [0.2, 0.25) is 10.0 Å². The Labute approximate surface area is 119 Å². The van der Waals surface area contributed by atoms with Gasteiger partial charge in [-0.25, -0.2) is 4.79 Å². The molecular formula is C14H8Cl2O3. The lowest BCUT2D eigenvalue weighted by atomic mass is 9.98. The number of hydrogen-bond acceptors (Lipinski definition) is 2. The number of benzene rings is 2. The predicted molar refractivity (Wildman–Crippen MR) is 73.3 cm³/mol. The summed E-state index contributed by atoms with van der Waals surface area (Å²) in [6.45, 7) is 0. The zero-order valence-electron chi connectivity index (χ0n) is 9.56. The molecule has 0 radical (unpaired) electrons. The SMILES string of the molecule is O=C(O)c1ccccc1C(=O)c1cc(Cl)ccc1Cl. The molecule has 2 rings (SSSR count). The summed E-state index contributed by atoms with van der Waals surface area (Å²) in [5.41, 5.74) is 0.200. The highest BCUT2D eigenvalue weighted by molar-refractivity contribution is 6.37. The highest BCUT2D eigenvalue weighted by atomic mass is 35.5. The number of rotatable bonds is 3. The van der Waals surface area contributed by atoms with Gasteiger partial charge in [0.1, 0.15) is 0 Å². The molecule has 0 aliphatic heterocycles. The fourth-order valence-corrected chi connectivity index (χ4v) is 2.06. The zero-order chi connectivity index (χ0) is 14.0. The molecule has 1 N–H and O–H groups in total. The lowest BCUT2D eigenvalue weighted by molar-refractivity contribution is 0.0693. The third-order valence-corrected chi connectivity index (χ3v) is 3.14. The van der Waals surface area contributed by atoms with Crippen LogP contribution in [0.3, 0.4) is 0 Å². The smallest absolute Gasteiger partial charge is 0.336 e. The Balaban J connectivity index is 2.56. The quantitative estimate of drug-likeness (QED) is 0.873. The van der Waals surface area contributed by atoms with E-state index >= 15 is 0 Å². The molecule has 0 bridgehead atoms. The predicted octanol–water partition coefficient (Wildman–Crippen LogP) is 3.92. The zero-order valence-corrected chi connectivity index (χ0v) is 11.1. The van der Waals surface area contributed by atoms with E-state index in [4.69, 9.17) is 28.3 Å². The summed E-state index contributed by atoms with van der Waals surface area (Å²) >= 11 is 11.8. The molecule has 0 saturated heterocycles. The minimum absolute atomic E-state index is 0.0662. The molecule has 0 heterocycles. The van der Waals surface area contributed by atoms with Crippen LogP contribution in [0.5, 0.6) is 0 Å². The van der Waals surface area contributed by atoms with Crippen LogP contribution in [0.1, 0.15) is 26.3 Å². The number of halogens is 2. The average molecular weight is 295 g/mol. The van der Waals surface area contributed by atoms with E-state index in [1.165, 1.54) is 24.3 Å². The fraction of sp³-hybridized carbons (Fsp3) is 0. The molecule has 3 nitrogen and oxygen atoms in total. The van der Waals surface area contributed by atoms with Crippen molar-refractivity contribution in [2.75, 3.05) is 0 Å². The van der Waals surface area contributed by atoms with Crippen LogP contribution in [0.15, 0.2) is 42.5 Å². The Hall–Kier alpha value is -1.84. The first-order chi connectivity index (χ1) is 9.00. The summed E-state index contributed by atoms with van der Waals surface area (Å²) in [7, 11) is 0. The molecule has 2 aromatic rings. The maximum Gasteiger partial charge on any atom is 0.336 e. The first kappa shape index (κ1) is 13.6. The highest BCUT2D eigenvalue weighted by Crippen LogP contribution is 2.24. The molecule has 19 heavy (non-hydrogen) atoms. The standard InChI is InChI=1S/C14H8Cl2O3/c15-8-5-6-12(16)11(7-8)13(17)9-3-1-2-4-10(9)14(18)19/h1-7H,(H,18,19). The topological polar surface area (TPSA) is 54.4 Å². The van der Waals surface area contributed by atoms with Crippen LogP contribution < -0.4 is 0 Å². The number of carbonyl (C=O) groups is 2. The maximum absolute atomic E-state index is 12.3. The number of ketones is 1. The number of aromatic carboxylic acids is 1. The van der Waals surface area contributed by atoms with Crippen molar-refractivity contribution < 1.29 is 14.7 Å². The van der Waals surface area contributed by atoms with Crippen molar-refractivity contribution in [3.05, 3.63) is 69.2 Å². The van der Waals surface area contributed by atoms with Crippen LogP contribution in [0.4, 0.5) is 0 Å². The van der Waals surface area contributed by atoms with Crippen LogP contribution in [0.25, 0.3) is 0 Å². The van der Waals surface area contributed by atoms with Crippen molar-refractivity contribution in [1.82, 2.24) is 0 Å². The van der Waals surface area contributed by atoms with Crippen LogP contribution >= 0.6 is 23.2 Å². The van der Waals surface area contributed by atoms with Gasteiger partial charge in [0, 0.05) is 16.1 Å². The summed E-state index contributed by atoms with van der Waals surface area (Å²) in [4.78, 5) is 23.4. The summed E-state index contributed by atoms with van der Waals surface area (Å²) in [6, 6.07) is 10.4. The molecule has 0 amide bonds. The van der Waals surface area contributed by atoms with Gasteiger partial charge in [0.15, 0.2) is 5.78 Å². The number of carbonyl (C=O) groups excluding carboxylic acids is 1. The second-order valence-electron chi connectivity index (χ2n) is 3.80. The normalized spacial score (nSPS) is 10.2. The first-order valence-electron chi connectivity index (χ1n) is 5.33. The fourth-order valence-electron chi connectivity index (χ4n) is 1.68. The van der Waals surface area contributed by atoms with Gasteiger partial charge in [-0.3, -0.25) is 4.79 Å². The largest absolute Gasteiger partial charge is 0.478 e. The second-order valence-corrected chi connectivity index (χ2v) is 4.65. The van der Waals surface area contributed by atoms with Crippen molar-refractivity contribution in [2.45, 2.75) is 0 Å². The van der Waals surface area contributed by atoms with Gasteiger partial charge in [-0.1, -0.05) is 41.4 Å². The Kier molecular flexibility index (Phi) is 3.88. The Morgan fingerprint density at radius 3 is 2.16 bits per heavy atom. The molecule has 0 spiro atoms. The van der Waals surface area contributed by atoms with E-state index in [2.05, 4.69) is 0 Å². The summed E-state index contributed by atoms with van der Waals surface area (Å²) in [5.74, 6) is -1.63. The van der Waals surface area contributed by atoms with E-state index < -0.39 is 11.8 Å². The lowest BCUT2D eigenvalue weighted by Gasteiger charge is -2.07. The van der Waals surface area contributed by atoms with Crippen LogP contribution in [-0.4, -0.2) is 16.9 Å². The number of hydrogen-bond donors (Lipinski definition) is 1. The van der Waals surface area contributed by atoms with Gasteiger partial charge in [-0.15, -0.1) is 0 Å². The molecule has 5 heteroatoms. The Morgan fingerprint density at radius 2 is 1.53 bits per heavy atom. The van der Waals surface area contributed by atoms with Crippen molar-refractivity contribution >= 4 is 35.0 Å². The van der Waals surface area contributed by atoms with Gasteiger partial charge >= 0.3 is 5.97 Å². The van der Waals surface area contributed by atoms with Gasteiger partial charge in [0.25, 0.3) is 0 Å². The van der Waals surface area contributed by atoms with E-state index in [9.17, 15) is 9.59 Å². The third kappa shape index (κ3) is 2.78. The third-order valence-electron chi connectivity index (χ3n) is 2.58. The summed E-state index contributed by atoms with van der Waals surface area (Å²) in [5, 5.41) is 9.67. The van der Waals surface area contributed by atoms with Gasteiger partial charge in [0.2, 0.25) is 0 Å². The lowest BCUT2D eigenvalue weighted by Crippen LogP contribution is -2.10. The molecule has 0 unspecified atom stereocenters. The van der Waals surface area contributed by atoms with E-state index in [0.717, 1.165) is 0 Å². The summed E-state index contributed by atoms with van der Waals surface area (Å²) in [6.07, 6.45) is 0. The second kappa shape index (κ2) is 5.43. The number of carboxylic acid groups (broad SMARTS) is 1. The van der Waals surface area contributed by atoms with Gasteiger partial charge in [0.05, 0.1) is 10.6 Å². The molecule has 0 saturated carbocycles. The maximum atomic E-state index is 12.3. The van der Waals surface area contributed by atoms with Crippen LogP contribution in [-0.2, 0) is 0 Å². The van der Waals surface area contributed by atoms with E-state index in [0.29, 0.717) is 5.02 Å². The van der Waals surface area contributed by atoms with Gasteiger partial charge < -0.3 is 5.11 Å². The Morgan fingerprint density at radius 1 is 0.895 bits per heavy atom. The molecule has 96 valence electrons. The van der Waals surface area contributed by atoms with Crippen LogP contribution in [0, 0.1) is 0 Å². The average Bonchev–Trinajstić information content (AvgIpc) is 2.40. The molecule has 0 aromatic heterocycles. The molecule has 0 fully saturated rings. The summed E-state index contributed by atoms with van der Waals surface area (Å²) < 4.78 is 0. The van der Waals surface area contributed by atoms with Gasteiger partial charge in [-0.2, -0.15) is 0 Å². The van der Waals surface area contributed by atoms with Crippen molar-refractivity contribution in [1.29, 1.82) is 0 Å². The van der Waals surface area contributed by atoms with Gasteiger partial charge in [-0.05, 0) is 24.3 Å². The molecule has 0 aliphatic carbocycles. The Bertz CT molecular complexity index is 665.